The molecule has 1 unspecified atom stereocenters. The van der Waals surface area contributed by atoms with Crippen LogP contribution in [-0.4, -0.2) is 69.5 Å². The number of aliphatic hydroxyl groups excluding tert-OH is 1. The first-order valence-electron chi connectivity index (χ1n) is 14.8. The Bertz CT molecular complexity index is 1270. The maximum atomic E-state index is 13.4. The summed E-state index contributed by atoms with van der Waals surface area (Å²) in [6, 6.07) is 7.05. The molecule has 0 spiro atoms. The molecule has 0 bridgehead atoms. The second kappa shape index (κ2) is 14.5. The van der Waals surface area contributed by atoms with Crippen molar-refractivity contribution in [3.63, 3.8) is 0 Å². The van der Waals surface area contributed by atoms with Crippen molar-refractivity contribution in [1.82, 2.24) is 10.2 Å². The molecule has 1 heterocycles. The lowest BCUT2D eigenvalue weighted by atomic mass is 9.95. The number of aliphatic hydroxyl groups is 1. The predicted molar refractivity (Wildman–Crippen MR) is 161 cm³/mol. The number of likely N-dealkylation sites (tertiary alicyclic amines) is 1. The second-order valence-electron chi connectivity index (χ2n) is 11.0. The number of unbranched alkanes of at least 4 members (excludes halogenated alkanes) is 3. The minimum Gasteiger partial charge on any atom is -0.493 e. The Hall–Kier alpha value is -3.30. The number of carbonyl (C=O) groups is 1. The molecule has 41 heavy (non-hydrogen) atoms. The van der Waals surface area contributed by atoms with E-state index in [2.05, 4.69) is 15.5 Å². The summed E-state index contributed by atoms with van der Waals surface area (Å²) in [6.07, 6.45) is 7.37. The molecule has 224 valence electrons. The van der Waals surface area contributed by atoms with Gasteiger partial charge in [-0.05, 0) is 86.5 Å². The quantitative estimate of drug-likeness (QED) is 0.326. The Morgan fingerprint density at radius 1 is 1.02 bits per heavy atom. The summed E-state index contributed by atoms with van der Waals surface area (Å²) in [5.74, 6) is 1.45. The van der Waals surface area contributed by atoms with Gasteiger partial charge in [0.2, 0.25) is 17.1 Å². The number of methoxy groups -OCH3 is 3. The second-order valence-corrected chi connectivity index (χ2v) is 11.0. The van der Waals surface area contributed by atoms with Crippen LogP contribution in [0.25, 0.3) is 11.1 Å². The third-order valence-corrected chi connectivity index (χ3v) is 8.11. The van der Waals surface area contributed by atoms with E-state index < -0.39 is 0 Å². The van der Waals surface area contributed by atoms with Gasteiger partial charge in [-0.1, -0.05) is 18.9 Å². The average molecular weight is 568 g/mol. The van der Waals surface area contributed by atoms with E-state index in [9.17, 15) is 14.7 Å². The Balaban J connectivity index is 1.53. The number of nitrogens with one attached hydrogen (secondary N) is 2. The highest BCUT2D eigenvalue weighted by atomic mass is 16.5. The number of fused-ring (bicyclic) bond motifs is 3. The van der Waals surface area contributed by atoms with E-state index in [1.54, 1.807) is 27.4 Å². The highest BCUT2D eigenvalue weighted by molar-refractivity contribution is 5.83. The van der Waals surface area contributed by atoms with Crippen LogP contribution in [0.4, 0.5) is 5.69 Å². The van der Waals surface area contributed by atoms with Gasteiger partial charge in [0.1, 0.15) is 0 Å². The molecule has 2 aromatic carbocycles. The van der Waals surface area contributed by atoms with Crippen molar-refractivity contribution in [2.75, 3.05) is 52.8 Å². The van der Waals surface area contributed by atoms with Crippen molar-refractivity contribution in [2.45, 2.75) is 70.4 Å². The standard InChI is InChI=1S/C32H45N3O6/c1-21(36)34-26-13-11-22-18-29(39-2)31(40-3)32(41-4)30(22)24-12-14-27(28(38)19-25(24)26)33-15-7-5-6-8-16-35-17-9-10-23(37)20-35/h12,14,18-19,23,26,37H,5-11,13,15-17,20H2,1-4H3,(H,33,38)(H,34,36)/t23?,26-/m0/s1. The van der Waals surface area contributed by atoms with Gasteiger partial charge in [-0.3, -0.25) is 9.59 Å². The number of aryl methyl sites for hydroxylation is 1. The first-order chi connectivity index (χ1) is 19.9. The molecule has 0 radical (unpaired) electrons. The van der Waals surface area contributed by atoms with Crippen molar-refractivity contribution >= 4 is 11.6 Å². The number of β-amino-alcohol motifs (C(OH)–C–C–N with tert-alkyl or cyclic N) is 1. The van der Waals surface area contributed by atoms with Gasteiger partial charge in [0.05, 0.1) is 39.2 Å². The van der Waals surface area contributed by atoms with Crippen molar-refractivity contribution in [3.8, 4) is 28.4 Å². The number of anilines is 1. The minimum absolute atomic E-state index is 0.117. The van der Waals surface area contributed by atoms with Crippen LogP contribution in [-0.2, 0) is 11.2 Å². The van der Waals surface area contributed by atoms with E-state index in [1.165, 1.54) is 6.92 Å². The lowest BCUT2D eigenvalue weighted by Crippen LogP contribution is -2.38. The van der Waals surface area contributed by atoms with Crippen molar-refractivity contribution in [2.24, 2.45) is 0 Å². The molecular formula is C32H45N3O6. The Kier molecular flexibility index (Phi) is 10.9. The largest absolute Gasteiger partial charge is 0.493 e. The number of hydrogen-bond acceptors (Lipinski definition) is 8. The van der Waals surface area contributed by atoms with Crippen molar-refractivity contribution < 1.29 is 24.1 Å². The van der Waals surface area contributed by atoms with E-state index in [0.717, 1.165) is 80.4 Å². The number of hydrogen-bond donors (Lipinski definition) is 3. The third kappa shape index (κ3) is 7.51. The zero-order chi connectivity index (χ0) is 29.4. The normalized spacial score (nSPS) is 18.5. The maximum absolute atomic E-state index is 13.4. The highest BCUT2D eigenvalue weighted by Crippen LogP contribution is 2.50. The van der Waals surface area contributed by atoms with Crippen LogP contribution >= 0.6 is 0 Å². The van der Waals surface area contributed by atoms with Crippen LogP contribution in [0.15, 0.2) is 29.1 Å². The van der Waals surface area contributed by atoms with Gasteiger partial charge in [0, 0.05) is 25.6 Å². The maximum Gasteiger partial charge on any atom is 0.217 e. The molecule has 0 aromatic heterocycles. The van der Waals surface area contributed by atoms with Gasteiger partial charge in [-0.2, -0.15) is 0 Å². The summed E-state index contributed by atoms with van der Waals surface area (Å²) in [4.78, 5) is 27.9. The first-order valence-corrected chi connectivity index (χ1v) is 14.8. The smallest absolute Gasteiger partial charge is 0.217 e. The van der Waals surface area contributed by atoms with E-state index in [-0.39, 0.29) is 23.5 Å². The number of ether oxygens (including phenoxy) is 3. The zero-order valence-electron chi connectivity index (χ0n) is 24.9. The van der Waals surface area contributed by atoms with Crippen LogP contribution < -0.4 is 30.3 Å². The van der Waals surface area contributed by atoms with Crippen molar-refractivity contribution in [1.29, 1.82) is 0 Å². The van der Waals surface area contributed by atoms with Gasteiger partial charge < -0.3 is 34.9 Å². The van der Waals surface area contributed by atoms with Gasteiger partial charge in [0.25, 0.3) is 0 Å². The predicted octanol–water partition coefficient (Wildman–Crippen LogP) is 4.29. The van der Waals surface area contributed by atoms with E-state index in [1.807, 2.05) is 18.2 Å². The molecule has 4 rings (SSSR count). The van der Waals surface area contributed by atoms with Gasteiger partial charge in [0.15, 0.2) is 11.5 Å². The fourth-order valence-electron chi connectivity index (χ4n) is 6.12. The molecule has 1 saturated heterocycles. The fourth-order valence-corrected chi connectivity index (χ4v) is 6.12. The number of amides is 1. The molecule has 2 atom stereocenters. The highest BCUT2D eigenvalue weighted by Gasteiger charge is 2.29. The third-order valence-electron chi connectivity index (χ3n) is 8.11. The summed E-state index contributed by atoms with van der Waals surface area (Å²) in [6.45, 7) is 5.11. The summed E-state index contributed by atoms with van der Waals surface area (Å²) >= 11 is 0. The van der Waals surface area contributed by atoms with Crippen LogP contribution in [0.3, 0.4) is 0 Å². The van der Waals surface area contributed by atoms with E-state index >= 15 is 0 Å². The fraction of sp³-hybridized carbons (Fsp3) is 0.562. The molecule has 2 aromatic rings. The first kappa shape index (κ1) is 30.7. The average Bonchev–Trinajstić information content (AvgIpc) is 3.20. The lowest BCUT2D eigenvalue weighted by molar-refractivity contribution is -0.119. The molecule has 1 aliphatic heterocycles. The van der Waals surface area contributed by atoms with Gasteiger partial charge >= 0.3 is 0 Å². The molecule has 1 aliphatic carbocycles. The molecule has 1 amide bonds. The topological polar surface area (TPSA) is 109 Å². The van der Waals surface area contributed by atoms with E-state index in [4.69, 9.17) is 14.2 Å². The SMILES string of the molecule is COc1cc2c(c(OC)c1OC)-c1ccc(NCCCCCCN3CCCC(O)C3)c(=O)cc1[C@@H](NC(C)=O)CC2. The monoisotopic (exact) mass is 567 g/mol. The van der Waals surface area contributed by atoms with Gasteiger partial charge in [-0.15, -0.1) is 0 Å². The number of piperidine rings is 1. The summed E-state index contributed by atoms with van der Waals surface area (Å²) in [7, 11) is 4.76. The molecule has 9 heteroatoms. The minimum atomic E-state index is -0.328. The van der Waals surface area contributed by atoms with E-state index in [0.29, 0.717) is 42.3 Å². The van der Waals surface area contributed by atoms with Crippen LogP contribution in [0.5, 0.6) is 17.2 Å². The molecule has 2 aliphatic rings. The Labute approximate surface area is 243 Å². The number of rotatable bonds is 12. The van der Waals surface area contributed by atoms with Crippen LogP contribution in [0.2, 0.25) is 0 Å². The van der Waals surface area contributed by atoms with Crippen LogP contribution in [0.1, 0.15) is 69.0 Å². The molecular weight excluding hydrogens is 522 g/mol. The number of benzene rings is 1. The Morgan fingerprint density at radius 2 is 1.80 bits per heavy atom. The molecule has 3 N–H and O–H groups in total. The zero-order valence-corrected chi connectivity index (χ0v) is 24.9. The molecule has 1 fully saturated rings. The molecule has 0 saturated carbocycles. The van der Waals surface area contributed by atoms with Gasteiger partial charge in [-0.25, -0.2) is 0 Å². The number of nitrogens with zero attached hydrogens (tertiary/aromatic N) is 1. The summed E-state index contributed by atoms with van der Waals surface area (Å²) in [5, 5.41) is 16.2. The summed E-state index contributed by atoms with van der Waals surface area (Å²) < 4.78 is 17.1. The van der Waals surface area contributed by atoms with Crippen molar-refractivity contribution in [3.05, 3.63) is 45.6 Å². The Morgan fingerprint density at radius 3 is 2.51 bits per heavy atom. The number of carbonyl (C=O) groups excluding carboxylic acids is 1. The summed E-state index contributed by atoms with van der Waals surface area (Å²) in [5.41, 5.74) is 3.83. The van der Waals surface area contributed by atoms with Crippen LogP contribution in [0, 0.1) is 0 Å². The molecule has 9 nitrogen and oxygen atoms in total. The lowest BCUT2D eigenvalue weighted by Gasteiger charge is -2.29.